The predicted octanol–water partition coefficient (Wildman–Crippen LogP) is 2.29. The van der Waals surface area contributed by atoms with Crippen molar-refractivity contribution in [2.45, 2.75) is 31.1 Å². The van der Waals surface area contributed by atoms with Crippen LogP contribution in [0, 0.1) is 5.92 Å². The van der Waals surface area contributed by atoms with Gasteiger partial charge in [-0.15, -0.1) is 0 Å². The van der Waals surface area contributed by atoms with Crippen LogP contribution in [0.1, 0.15) is 35.7 Å². The van der Waals surface area contributed by atoms with Gasteiger partial charge in [0.2, 0.25) is 11.8 Å². The Bertz CT molecular complexity index is 1090. The predicted molar refractivity (Wildman–Crippen MR) is 110 cm³/mol. The molecule has 9 heteroatoms. The molecule has 0 saturated heterocycles. The highest BCUT2D eigenvalue weighted by molar-refractivity contribution is 7.90. The summed E-state index contributed by atoms with van der Waals surface area (Å²) in [4.78, 5) is 36.1. The molecular formula is C21H22N2O6S. The van der Waals surface area contributed by atoms with Gasteiger partial charge in [-0.3, -0.25) is 14.4 Å². The maximum atomic E-state index is 12.6. The highest BCUT2D eigenvalue weighted by atomic mass is 32.2. The molecule has 8 nitrogen and oxygen atoms in total. The number of sulfonamides is 1. The molecule has 1 atom stereocenters. The van der Waals surface area contributed by atoms with Crippen molar-refractivity contribution in [1.82, 2.24) is 4.72 Å². The molecule has 2 amide bonds. The van der Waals surface area contributed by atoms with Crippen molar-refractivity contribution in [3.05, 3.63) is 53.6 Å². The van der Waals surface area contributed by atoms with Crippen LogP contribution in [0.3, 0.4) is 0 Å². The first-order chi connectivity index (χ1) is 14.2. The van der Waals surface area contributed by atoms with E-state index in [0.29, 0.717) is 29.0 Å². The molecule has 2 aromatic rings. The fourth-order valence-corrected chi connectivity index (χ4v) is 4.21. The minimum atomic E-state index is -4.10. The number of rotatable bonds is 7. The van der Waals surface area contributed by atoms with E-state index in [1.807, 2.05) is 4.72 Å². The zero-order chi connectivity index (χ0) is 21.9. The average Bonchev–Trinajstić information content (AvgIpc) is 2.72. The molecule has 1 aliphatic heterocycles. The summed E-state index contributed by atoms with van der Waals surface area (Å²) in [5.74, 6) is -1.40. The lowest BCUT2D eigenvalue weighted by Gasteiger charge is -2.18. The van der Waals surface area contributed by atoms with Crippen LogP contribution in [0.15, 0.2) is 47.4 Å². The van der Waals surface area contributed by atoms with Crippen molar-refractivity contribution in [2.75, 3.05) is 12.4 Å². The molecule has 2 aromatic carbocycles. The van der Waals surface area contributed by atoms with Crippen LogP contribution in [0.4, 0.5) is 5.69 Å². The Morgan fingerprint density at radius 3 is 2.50 bits per heavy atom. The summed E-state index contributed by atoms with van der Waals surface area (Å²) in [6.45, 7) is 1.49. The maximum absolute atomic E-state index is 12.6. The van der Waals surface area contributed by atoms with Gasteiger partial charge in [-0.25, -0.2) is 13.1 Å². The van der Waals surface area contributed by atoms with Crippen LogP contribution in [-0.4, -0.2) is 33.1 Å². The number of methoxy groups -OCH3 is 1. The van der Waals surface area contributed by atoms with Crippen molar-refractivity contribution < 1.29 is 27.5 Å². The van der Waals surface area contributed by atoms with Crippen molar-refractivity contribution in [1.29, 1.82) is 0 Å². The van der Waals surface area contributed by atoms with E-state index >= 15 is 0 Å². The monoisotopic (exact) mass is 430 g/mol. The van der Waals surface area contributed by atoms with Gasteiger partial charge in [-0.05, 0) is 54.4 Å². The van der Waals surface area contributed by atoms with Crippen molar-refractivity contribution in [3.63, 3.8) is 0 Å². The third-order valence-corrected chi connectivity index (χ3v) is 6.21. The van der Waals surface area contributed by atoms with E-state index in [1.165, 1.54) is 32.2 Å². The van der Waals surface area contributed by atoms with Gasteiger partial charge in [-0.2, -0.15) is 0 Å². The number of nitrogens with one attached hydrogen (secondary N) is 2. The molecule has 30 heavy (non-hydrogen) atoms. The van der Waals surface area contributed by atoms with Gasteiger partial charge < -0.3 is 10.1 Å². The summed E-state index contributed by atoms with van der Waals surface area (Å²) in [6.07, 6.45) is 0.558. The second-order valence-electron chi connectivity index (χ2n) is 7.09. The molecule has 1 heterocycles. The first kappa shape index (κ1) is 21.5. The second kappa shape index (κ2) is 8.66. The highest BCUT2D eigenvalue weighted by Gasteiger charge is 2.25. The number of benzene rings is 2. The molecule has 1 aliphatic rings. The standard InChI is InChI=1S/C21H22N2O6S/c1-13(11-19(24)14-3-6-16(29-2)7-4-14)21(26)23-30(27,28)17-8-9-18-15(12-17)5-10-20(25)22-18/h3-4,6-9,12-13H,5,10-11H2,1-2H3,(H,22,25)(H,23,26). The Hall–Kier alpha value is -3.20. The molecular weight excluding hydrogens is 408 g/mol. The number of carbonyl (C=O) groups is 3. The fourth-order valence-electron chi connectivity index (χ4n) is 3.08. The summed E-state index contributed by atoms with van der Waals surface area (Å²) in [5.41, 5.74) is 1.66. The van der Waals surface area contributed by atoms with Gasteiger partial charge in [0, 0.05) is 30.0 Å². The van der Waals surface area contributed by atoms with E-state index in [-0.39, 0.29) is 29.4 Å². The van der Waals surface area contributed by atoms with Crippen molar-refractivity contribution >= 4 is 33.3 Å². The number of Topliss-reactive ketones (excluding diaryl/α,β-unsaturated/α-hetero) is 1. The molecule has 0 aromatic heterocycles. The van der Waals surface area contributed by atoms with Crippen LogP contribution in [-0.2, 0) is 26.0 Å². The molecule has 0 saturated carbocycles. The molecule has 158 valence electrons. The minimum Gasteiger partial charge on any atom is -0.497 e. The van der Waals surface area contributed by atoms with Crippen molar-refractivity contribution in [3.8, 4) is 5.75 Å². The van der Waals surface area contributed by atoms with Gasteiger partial charge >= 0.3 is 0 Å². The number of ketones is 1. The normalized spacial score (nSPS) is 14.3. The highest BCUT2D eigenvalue weighted by Crippen LogP contribution is 2.25. The number of hydrogen-bond acceptors (Lipinski definition) is 6. The number of fused-ring (bicyclic) bond motifs is 1. The van der Waals surface area contributed by atoms with Crippen LogP contribution in [0.25, 0.3) is 0 Å². The third kappa shape index (κ3) is 4.85. The van der Waals surface area contributed by atoms with Crippen LogP contribution in [0.2, 0.25) is 0 Å². The van der Waals surface area contributed by atoms with E-state index < -0.39 is 21.8 Å². The topological polar surface area (TPSA) is 119 Å². The quantitative estimate of drug-likeness (QED) is 0.651. The van der Waals surface area contributed by atoms with E-state index in [4.69, 9.17) is 4.74 Å². The number of carbonyl (C=O) groups excluding carboxylic acids is 3. The number of ether oxygens (including phenoxy) is 1. The van der Waals surface area contributed by atoms with Gasteiger partial charge in [-0.1, -0.05) is 6.92 Å². The Morgan fingerprint density at radius 2 is 1.83 bits per heavy atom. The smallest absolute Gasteiger partial charge is 0.264 e. The number of aryl methyl sites for hydroxylation is 1. The summed E-state index contributed by atoms with van der Waals surface area (Å²) in [5, 5.41) is 2.68. The van der Waals surface area contributed by atoms with Crippen molar-refractivity contribution in [2.24, 2.45) is 5.92 Å². The molecule has 0 aliphatic carbocycles. The molecule has 0 spiro atoms. The van der Waals surface area contributed by atoms with Crippen LogP contribution < -0.4 is 14.8 Å². The van der Waals surface area contributed by atoms with E-state index in [9.17, 15) is 22.8 Å². The first-order valence-corrected chi connectivity index (χ1v) is 10.8. The minimum absolute atomic E-state index is 0.0700. The molecule has 3 rings (SSSR count). The molecule has 0 radical (unpaired) electrons. The lowest BCUT2D eigenvalue weighted by Crippen LogP contribution is -2.35. The Labute approximate surface area is 174 Å². The van der Waals surface area contributed by atoms with E-state index in [1.54, 1.807) is 24.3 Å². The van der Waals surface area contributed by atoms with Crippen LogP contribution >= 0.6 is 0 Å². The van der Waals surface area contributed by atoms with Crippen LogP contribution in [0.5, 0.6) is 5.75 Å². The number of amides is 2. The van der Waals surface area contributed by atoms with Gasteiger partial charge in [0.05, 0.1) is 12.0 Å². The van der Waals surface area contributed by atoms with E-state index in [0.717, 1.165) is 0 Å². The first-order valence-electron chi connectivity index (χ1n) is 9.36. The van der Waals surface area contributed by atoms with E-state index in [2.05, 4.69) is 5.32 Å². The zero-order valence-corrected chi connectivity index (χ0v) is 17.4. The fraction of sp³-hybridized carbons (Fsp3) is 0.286. The summed E-state index contributed by atoms with van der Waals surface area (Å²) < 4.78 is 32.3. The lowest BCUT2D eigenvalue weighted by atomic mass is 9.99. The SMILES string of the molecule is COc1ccc(C(=O)CC(C)C(=O)NS(=O)(=O)c2ccc3c(c2)CCC(=O)N3)cc1. The maximum Gasteiger partial charge on any atom is 0.264 e. The average molecular weight is 430 g/mol. The Morgan fingerprint density at radius 1 is 1.13 bits per heavy atom. The Kier molecular flexibility index (Phi) is 6.21. The second-order valence-corrected chi connectivity index (χ2v) is 8.78. The summed E-state index contributed by atoms with van der Waals surface area (Å²) in [7, 11) is -2.58. The number of anilines is 1. The molecule has 2 N–H and O–H groups in total. The molecule has 0 fully saturated rings. The van der Waals surface area contributed by atoms with Gasteiger partial charge in [0.25, 0.3) is 10.0 Å². The third-order valence-electron chi connectivity index (χ3n) is 4.87. The lowest BCUT2D eigenvalue weighted by molar-refractivity contribution is -0.122. The van der Waals surface area contributed by atoms with Gasteiger partial charge in [0.1, 0.15) is 5.75 Å². The number of hydrogen-bond donors (Lipinski definition) is 2. The molecule has 0 bridgehead atoms. The Balaban J connectivity index is 1.66. The summed E-state index contributed by atoms with van der Waals surface area (Å²) in [6, 6.07) is 10.7. The molecule has 1 unspecified atom stereocenters. The summed E-state index contributed by atoms with van der Waals surface area (Å²) >= 11 is 0. The zero-order valence-electron chi connectivity index (χ0n) is 16.6. The largest absolute Gasteiger partial charge is 0.497 e. The van der Waals surface area contributed by atoms with Gasteiger partial charge in [0.15, 0.2) is 5.78 Å².